The fourth-order valence-electron chi connectivity index (χ4n) is 2.06. The molecular formula is C16H12ClFN6O2. The smallest absolute Gasteiger partial charge is 0.305 e. The van der Waals surface area contributed by atoms with Crippen molar-refractivity contribution in [3.8, 4) is 11.4 Å². The molecule has 8 nitrogen and oxygen atoms in total. The Morgan fingerprint density at radius 1 is 1.15 bits per heavy atom. The number of carbonyl (C=O) groups is 2. The molecule has 132 valence electrons. The Balaban J connectivity index is 1.58. The van der Waals surface area contributed by atoms with Gasteiger partial charge in [0, 0.05) is 10.6 Å². The molecule has 0 atom stereocenters. The SMILES string of the molecule is O=C(Cn1nnc(-c2cccc(Cl)c2)n1)NC(=O)Nc1ccccc1F. The van der Waals surface area contributed by atoms with Gasteiger partial charge in [-0.3, -0.25) is 10.1 Å². The number of halogens is 2. The molecule has 3 rings (SSSR count). The first kappa shape index (κ1) is 17.5. The lowest BCUT2D eigenvalue weighted by atomic mass is 10.2. The summed E-state index contributed by atoms with van der Waals surface area (Å²) in [6.07, 6.45) is 0. The summed E-state index contributed by atoms with van der Waals surface area (Å²) >= 11 is 5.90. The molecule has 0 saturated carbocycles. The van der Waals surface area contributed by atoms with Crippen LogP contribution >= 0.6 is 11.6 Å². The fourth-order valence-corrected chi connectivity index (χ4v) is 2.25. The average Bonchev–Trinajstić information content (AvgIpc) is 3.05. The van der Waals surface area contributed by atoms with Gasteiger partial charge in [-0.25, -0.2) is 9.18 Å². The number of benzene rings is 2. The number of urea groups is 1. The summed E-state index contributed by atoms with van der Waals surface area (Å²) in [7, 11) is 0. The zero-order valence-corrected chi connectivity index (χ0v) is 13.9. The molecule has 0 radical (unpaired) electrons. The van der Waals surface area contributed by atoms with Crippen molar-refractivity contribution in [2.75, 3.05) is 5.32 Å². The van der Waals surface area contributed by atoms with Gasteiger partial charge in [0.25, 0.3) is 5.91 Å². The summed E-state index contributed by atoms with van der Waals surface area (Å²) in [5, 5.41) is 16.4. The van der Waals surface area contributed by atoms with E-state index in [1.165, 1.54) is 18.2 Å². The second-order valence-corrected chi connectivity index (χ2v) is 5.57. The molecule has 0 fully saturated rings. The van der Waals surface area contributed by atoms with E-state index in [4.69, 9.17) is 11.6 Å². The molecule has 0 unspecified atom stereocenters. The Morgan fingerprint density at radius 3 is 2.73 bits per heavy atom. The van der Waals surface area contributed by atoms with Crippen molar-refractivity contribution >= 4 is 29.2 Å². The van der Waals surface area contributed by atoms with Gasteiger partial charge in [0.05, 0.1) is 5.69 Å². The monoisotopic (exact) mass is 374 g/mol. The molecule has 0 spiro atoms. The lowest BCUT2D eigenvalue weighted by Crippen LogP contribution is -2.37. The van der Waals surface area contributed by atoms with Crippen LogP contribution in [0.4, 0.5) is 14.9 Å². The second kappa shape index (κ2) is 7.70. The number of hydrogen-bond acceptors (Lipinski definition) is 5. The van der Waals surface area contributed by atoms with Crippen molar-refractivity contribution in [1.82, 2.24) is 25.5 Å². The molecule has 3 aromatic rings. The Kier molecular flexibility index (Phi) is 5.18. The average molecular weight is 375 g/mol. The van der Waals surface area contributed by atoms with Crippen molar-refractivity contribution in [1.29, 1.82) is 0 Å². The highest BCUT2D eigenvalue weighted by molar-refractivity contribution is 6.30. The van der Waals surface area contributed by atoms with Gasteiger partial charge < -0.3 is 5.32 Å². The van der Waals surface area contributed by atoms with E-state index in [0.29, 0.717) is 10.6 Å². The summed E-state index contributed by atoms with van der Waals surface area (Å²) in [4.78, 5) is 24.7. The predicted molar refractivity (Wildman–Crippen MR) is 91.8 cm³/mol. The quantitative estimate of drug-likeness (QED) is 0.730. The van der Waals surface area contributed by atoms with Crippen LogP contribution in [0.5, 0.6) is 0 Å². The minimum Gasteiger partial charge on any atom is -0.305 e. The zero-order valence-electron chi connectivity index (χ0n) is 13.2. The van der Waals surface area contributed by atoms with Gasteiger partial charge in [-0.1, -0.05) is 35.9 Å². The molecule has 0 aliphatic heterocycles. The Hall–Kier alpha value is -3.33. The maximum atomic E-state index is 13.5. The Labute approximate surface area is 152 Å². The van der Waals surface area contributed by atoms with Crippen molar-refractivity contribution < 1.29 is 14.0 Å². The third kappa shape index (κ3) is 4.39. The Bertz CT molecular complexity index is 961. The largest absolute Gasteiger partial charge is 0.326 e. The first-order chi connectivity index (χ1) is 12.5. The number of hydrogen-bond donors (Lipinski definition) is 2. The summed E-state index contributed by atoms with van der Waals surface area (Å²) in [5.74, 6) is -1.01. The third-order valence-corrected chi connectivity index (χ3v) is 3.43. The molecule has 0 aliphatic rings. The summed E-state index contributed by atoms with van der Waals surface area (Å²) in [6, 6.07) is 11.6. The van der Waals surface area contributed by atoms with Crippen molar-refractivity contribution in [3.05, 3.63) is 59.4 Å². The van der Waals surface area contributed by atoms with E-state index in [-0.39, 0.29) is 18.1 Å². The van der Waals surface area contributed by atoms with Crippen molar-refractivity contribution in [3.63, 3.8) is 0 Å². The van der Waals surface area contributed by atoms with Gasteiger partial charge in [-0.05, 0) is 29.5 Å². The minimum absolute atomic E-state index is 0.0417. The molecule has 0 saturated heterocycles. The lowest BCUT2D eigenvalue weighted by molar-refractivity contribution is -0.120. The highest BCUT2D eigenvalue weighted by Crippen LogP contribution is 2.18. The number of tetrazole rings is 1. The molecule has 2 aromatic carbocycles. The van der Waals surface area contributed by atoms with Crippen LogP contribution in [-0.2, 0) is 11.3 Å². The van der Waals surface area contributed by atoms with E-state index in [1.807, 2.05) is 0 Å². The molecule has 0 bridgehead atoms. The zero-order chi connectivity index (χ0) is 18.5. The third-order valence-electron chi connectivity index (χ3n) is 3.20. The first-order valence-corrected chi connectivity index (χ1v) is 7.78. The molecule has 1 aromatic heterocycles. The molecule has 26 heavy (non-hydrogen) atoms. The fraction of sp³-hybridized carbons (Fsp3) is 0.0625. The number of nitrogens with one attached hydrogen (secondary N) is 2. The van der Waals surface area contributed by atoms with Crippen LogP contribution in [0, 0.1) is 5.82 Å². The Morgan fingerprint density at radius 2 is 1.96 bits per heavy atom. The van der Waals surface area contributed by atoms with Crippen LogP contribution < -0.4 is 10.6 Å². The highest BCUT2D eigenvalue weighted by atomic mass is 35.5. The molecule has 10 heteroatoms. The topological polar surface area (TPSA) is 102 Å². The number of aromatic nitrogens is 4. The maximum Gasteiger partial charge on any atom is 0.326 e. The van der Waals surface area contributed by atoms with Crippen LogP contribution in [0.25, 0.3) is 11.4 Å². The minimum atomic E-state index is -0.865. The number of carbonyl (C=O) groups excluding carboxylic acids is 2. The summed E-state index contributed by atoms with van der Waals surface area (Å²) in [5.41, 5.74) is 0.598. The summed E-state index contributed by atoms with van der Waals surface area (Å²) in [6.45, 7) is -0.335. The number of rotatable bonds is 4. The normalized spacial score (nSPS) is 10.4. The van der Waals surface area contributed by atoms with Crippen LogP contribution in [-0.4, -0.2) is 32.1 Å². The number of amides is 3. The van der Waals surface area contributed by atoms with E-state index in [2.05, 4.69) is 26.0 Å². The van der Waals surface area contributed by atoms with E-state index in [9.17, 15) is 14.0 Å². The van der Waals surface area contributed by atoms with Gasteiger partial charge >= 0.3 is 6.03 Å². The second-order valence-electron chi connectivity index (χ2n) is 5.14. The number of para-hydroxylation sites is 1. The van der Waals surface area contributed by atoms with Gasteiger partial charge in [0.15, 0.2) is 0 Å². The summed E-state index contributed by atoms with van der Waals surface area (Å²) < 4.78 is 13.5. The number of nitrogens with zero attached hydrogens (tertiary/aromatic N) is 4. The van der Waals surface area contributed by atoms with Crippen LogP contribution in [0.1, 0.15) is 0 Å². The van der Waals surface area contributed by atoms with Crippen molar-refractivity contribution in [2.24, 2.45) is 0 Å². The van der Waals surface area contributed by atoms with Crippen molar-refractivity contribution in [2.45, 2.75) is 6.54 Å². The standard InChI is InChI=1S/C16H12ClFN6O2/c17-11-5-3-4-10(8-11)15-21-23-24(22-15)9-14(25)20-16(26)19-13-7-2-1-6-12(13)18/h1-8H,9H2,(H2,19,20,25,26). The lowest BCUT2D eigenvalue weighted by Gasteiger charge is -2.06. The molecule has 1 heterocycles. The van der Waals surface area contributed by atoms with Crippen LogP contribution in [0.3, 0.4) is 0 Å². The predicted octanol–water partition coefficient (Wildman–Crippen LogP) is 2.48. The van der Waals surface area contributed by atoms with E-state index in [0.717, 1.165) is 4.80 Å². The maximum absolute atomic E-state index is 13.5. The molecule has 2 N–H and O–H groups in total. The van der Waals surface area contributed by atoms with E-state index < -0.39 is 17.8 Å². The number of anilines is 1. The molecular weight excluding hydrogens is 363 g/mol. The van der Waals surface area contributed by atoms with E-state index in [1.54, 1.807) is 30.3 Å². The molecule has 0 aliphatic carbocycles. The van der Waals surface area contributed by atoms with Gasteiger partial charge in [0.1, 0.15) is 12.4 Å². The highest BCUT2D eigenvalue weighted by Gasteiger charge is 2.13. The van der Waals surface area contributed by atoms with E-state index >= 15 is 0 Å². The number of imide groups is 1. The molecule has 3 amide bonds. The first-order valence-electron chi connectivity index (χ1n) is 7.40. The van der Waals surface area contributed by atoms with Gasteiger partial charge in [-0.2, -0.15) is 4.80 Å². The van der Waals surface area contributed by atoms with Gasteiger partial charge in [-0.15, -0.1) is 10.2 Å². The van der Waals surface area contributed by atoms with Gasteiger partial charge in [0.2, 0.25) is 5.82 Å². The van der Waals surface area contributed by atoms with Crippen LogP contribution in [0.15, 0.2) is 48.5 Å². The van der Waals surface area contributed by atoms with Crippen LogP contribution in [0.2, 0.25) is 5.02 Å².